The molecule has 1 atom stereocenters. The van der Waals surface area contributed by atoms with E-state index in [1.807, 2.05) is 32.0 Å². The maximum Gasteiger partial charge on any atom is 0.309 e. The standard InChI is InChI=1S/C28H31FN6O3/c1-4-38-28(37)20-9-11-34(12-10-20)25(23-15-21-14-17(2)13-18(3)24(21)30-27(23)36)26-31-32-33-35(26)16-19-5-7-22(29)8-6-19/h5-8,13-15,20,25H,4,9-12,16H2,1-3H3,(H,30,36). The normalized spacial score (nSPS) is 15.6. The molecular weight excluding hydrogens is 487 g/mol. The smallest absolute Gasteiger partial charge is 0.309 e. The molecule has 4 aromatic rings. The number of esters is 1. The van der Waals surface area contributed by atoms with Crippen molar-refractivity contribution in [2.24, 2.45) is 5.92 Å². The van der Waals surface area contributed by atoms with Crippen LogP contribution in [0.1, 0.15) is 53.9 Å². The molecule has 1 unspecified atom stereocenters. The molecule has 0 saturated carbocycles. The summed E-state index contributed by atoms with van der Waals surface area (Å²) in [6.45, 7) is 7.63. The first-order chi connectivity index (χ1) is 18.3. The largest absolute Gasteiger partial charge is 0.466 e. The number of tetrazole rings is 1. The van der Waals surface area contributed by atoms with Gasteiger partial charge in [-0.3, -0.25) is 14.5 Å². The van der Waals surface area contributed by atoms with Crippen molar-refractivity contribution in [2.75, 3.05) is 19.7 Å². The minimum atomic E-state index is -0.539. The van der Waals surface area contributed by atoms with Gasteiger partial charge < -0.3 is 9.72 Å². The van der Waals surface area contributed by atoms with E-state index in [0.717, 1.165) is 27.6 Å². The van der Waals surface area contributed by atoms with Gasteiger partial charge >= 0.3 is 5.97 Å². The Bertz CT molecular complexity index is 1510. The molecule has 1 aliphatic rings. The second kappa shape index (κ2) is 10.8. The van der Waals surface area contributed by atoms with Crippen LogP contribution < -0.4 is 5.56 Å². The maximum atomic E-state index is 13.5. The lowest BCUT2D eigenvalue weighted by molar-refractivity contribution is -0.149. The van der Waals surface area contributed by atoms with Crippen LogP contribution in [0.4, 0.5) is 4.39 Å². The zero-order chi connectivity index (χ0) is 26.8. The van der Waals surface area contributed by atoms with Crippen molar-refractivity contribution in [3.63, 3.8) is 0 Å². The monoisotopic (exact) mass is 518 g/mol. The summed E-state index contributed by atoms with van der Waals surface area (Å²) in [5.74, 6) is -0.166. The van der Waals surface area contributed by atoms with Crippen molar-refractivity contribution in [1.82, 2.24) is 30.1 Å². The SMILES string of the molecule is CCOC(=O)C1CCN(C(c2cc3cc(C)cc(C)c3[nH]c2=O)c2nnnn2Cc2ccc(F)cc2)CC1. The summed E-state index contributed by atoms with van der Waals surface area (Å²) in [6, 6.07) is 11.6. The molecule has 9 nitrogen and oxygen atoms in total. The molecule has 1 N–H and O–H groups in total. The van der Waals surface area contributed by atoms with E-state index in [9.17, 15) is 14.0 Å². The second-order valence-corrected chi connectivity index (χ2v) is 9.89. The average molecular weight is 519 g/mol. The number of hydrogen-bond donors (Lipinski definition) is 1. The third kappa shape index (κ3) is 5.22. The maximum absolute atomic E-state index is 13.5. The van der Waals surface area contributed by atoms with Gasteiger partial charge in [-0.2, -0.15) is 0 Å². The number of aryl methyl sites for hydroxylation is 2. The van der Waals surface area contributed by atoms with Gasteiger partial charge in [0.15, 0.2) is 5.82 Å². The summed E-state index contributed by atoms with van der Waals surface area (Å²) in [4.78, 5) is 31.1. The predicted molar refractivity (Wildman–Crippen MR) is 140 cm³/mol. The number of H-pyrrole nitrogens is 1. The Hall–Kier alpha value is -3.92. The molecule has 38 heavy (non-hydrogen) atoms. The number of nitrogens with one attached hydrogen (secondary N) is 1. The lowest BCUT2D eigenvalue weighted by Gasteiger charge is -2.36. The average Bonchev–Trinajstić information content (AvgIpc) is 3.34. The van der Waals surface area contributed by atoms with E-state index in [1.54, 1.807) is 23.7 Å². The van der Waals surface area contributed by atoms with Gasteiger partial charge in [0, 0.05) is 18.7 Å². The van der Waals surface area contributed by atoms with Crippen LogP contribution in [0, 0.1) is 25.6 Å². The number of aromatic nitrogens is 5. The highest BCUT2D eigenvalue weighted by molar-refractivity contribution is 5.83. The van der Waals surface area contributed by atoms with Crippen LogP contribution in [0.25, 0.3) is 10.9 Å². The zero-order valence-corrected chi connectivity index (χ0v) is 21.8. The zero-order valence-electron chi connectivity index (χ0n) is 21.8. The molecule has 0 amide bonds. The molecule has 3 heterocycles. The first kappa shape index (κ1) is 25.7. The third-order valence-corrected chi connectivity index (χ3v) is 7.18. The van der Waals surface area contributed by atoms with Gasteiger partial charge in [0.1, 0.15) is 11.9 Å². The summed E-state index contributed by atoms with van der Waals surface area (Å²) in [6.07, 6.45) is 1.22. The topological polar surface area (TPSA) is 106 Å². The van der Waals surface area contributed by atoms with Gasteiger partial charge in [0.2, 0.25) is 0 Å². The summed E-state index contributed by atoms with van der Waals surface area (Å²) in [5.41, 5.74) is 4.05. The molecule has 2 aromatic carbocycles. The number of carbonyl (C=O) groups excluding carboxylic acids is 1. The Labute approximate surface area is 219 Å². The number of hydrogen-bond acceptors (Lipinski definition) is 7. The van der Waals surface area contributed by atoms with Gasteiger partial charge in [-0.15, -0.1) is 5.10 Å². The fraction of sp³-hybridized carbons (Fsp3) is 0.393. The lowest BCUT2D eigenvalue weighted by Crippen LogP contribution is -2.42. The van der Waals surface area contributed by atoms with Crippen LogP contribution >= 0.6 is 0 Å². The number of rotatable bonds is 7. The molecule has 1 saturated heterocycles. The highest BCUT2D eigenvalue weighted by Crippen LogP contribution is 2.32. The van der Waals surface area contributed by atoms with Gasteiger partial charge in [0.05, 0.1) is 24.6 Å². The highest BCUT2D eigenvalue weighted by Gasteiger charge is 2.35. The quantitative estimate of drug-likeness (QED) is 0.372. The fourth-order valence-corrected chi connectivity index (χ4v) is 5.34. The van der Waals surface area contributed by atoms with E-state index in [4.69, 9.17) is 4.74 Å². The first-order valence-electron chi connectivity index (χ1n) is 12.9. The van der Waals surface area contributed by atoms with Crippen LogP contribution in [0.5, 0.6) is 0 Å². The number of piperidine rings is 1. The summed E-state index contributed by atoms with van der Waals surface area (Å²) < 4.78 is 20.4. The number of likely N-dealkylation sites (tertiary alicyclic amines) is 1. The minimum Gasteiger partial charge on any atom is -0.466 e. The molecule has 198 valence electrons. The van der Waals surface area contributed by atoms with Gasteiger partial charge in [-0.1, -0.05) is 23.8 Å². The number of nitrogens with zero attached hydrogens (tertiary/aromatic N) is 5. The first-order valence-corrected chi connectivity index (χ1v) is 12.9. The van der Waals surface area contributed by atoms with Crippen LogP contribution in [0.2, 0.25) is 0 Å². The summed E-state index contributed by atoms with van der Waals surface area (Å²) in [7, 11) is 0. The lowest BCUT2D eigenvalue weighted by atomic mass is 9.93. The molecular formula is C28H31FN6O3. The Morgan fingerprint density at radius 3 is 2.61 bits per heavy atom. The molecule has 1 aliphatic heterocycles. The van der Waals surface area contributed by atoms with Gasteiger partial charge in [-0.05, 0) is 84.8 Å². The number of fused-ring (bicyclic) bond motifs is 1. The molecule has 0 aliphatic carbocycles. The van der Waals surface area contributed by atoms with E-state index < -0.39 is 6.04 Å². The number of aromatic amines is 1. The van der Waals surface area contributed by atoms with Crippen molar-refractivity contribution < 1.29 is 13.9 Å². The van der Waals surface area contributed by atoms with E-state index >= 15 is 0 Å². The van der Waals surface area contributed by atoms with Crippen molar-refractivity contribution in [3.05, 3.63) is 86.7 Å². The van der Waals surface area contributed by atoms with Crippen LogP contribution in [0.3, 0.4) is 0 Å². The van der Waals surface area contributed by atoms with E-state index in [-0.39, 0.29) is 23.3 Å². The van der Waals surface area contributed by atoms with Crippen molar-refractivity contribution in [2.45, 2.75) is 46.2 Å². The van der Waals surface area contributed by atoms with Crippen molar-refractivity contribution in [1.29, 1.82) is 0 Å². The Kier molecular flexibility index (Phi) is 7.33. The molecule has 0 spiro atoms. The predicted octanol–water partition coefficient (Wildman–Crippen LogP) is 3.68. The fourth-order valence-electron chi connectivity index (χ4n) is 5.34. The number of benzene rings is 2. The molecule has 1 fully saturated rings. The highest BCUT2D eigenvalue weighted by atomic mass is 19.1. The van der Waals surface area contributed by atoms with Crippen molar-refractivity contribution in [3.8, 4) is 0 Å². The second-order valence-electron chi connectivity index (χ2n) is 9.89. The Morgan fingerprint density at radius 2 is 1.89 bits per heavy atom. The Morgan fingerprint density at radius 1 is 1.16 bits per heavy atom. The molecule has 0 radical (unpaired) electrons. The molecule has 2 aromatic heterocycles. The summed E-state index contributed by atoms with van der Waals surface area (Å²) >= 11 is 0. The van der Waals surface area contributed by atoms with E-state index in [0.29, 0.717) is 50.5 Å². The number of pyridine rings is 1. The van der Waals surface area contributed by atoms with Gasteiger partial charge in [-0.25, -0.2) is 9.07 Å². The molecule has 5 rings (SSSR count). The number of halogens is 1. The minimum absolute atomic E-state index is 0.178. The molecule has 0 bridgehead atoms. The van der Waals surface area contributed by atoms with Crippen molar-refractivity contribution >= 4 is 16.9 Å². The number of carbonyl (C=O) groups is 1. The van der Waals surface area contributed by atoms with Gasteiger partial charge in [0.25, 0.3) is 5.56 Å². The van der Waals surface area contributed by atoms with Crippen LogP contribution in [0.15, 0.2) is 47.3 Å². The summed E-state index contributed by atoms with van der Waals surface area (Å²) in [5, 5.41) is 13.4. The van der Waals surface area contributed by atoms with E-state index in [2.05, 4.69) is 25.4 Å². The molecule has 10 heteroatoms. The van der Waals surface area contributed by atoms with Crippen LogP contribution in [-0.2, 0) is 16.1 Å². The number of ether oxygens (including phenoxy) is 1. The van der Waals surface area contributed by atoms with E-state index in [1.165, 1.54) is 12.1 Å². The Balaban J connectivity index is 1.56. The third-order valence-electron chi connectivity index (χ3n) is 7.18. The van der Waals surface area contributed by atoms with Crippen LogP contribution in [-0.4, -0.2) is 55.8 Å².